The Kier molecular flexibility index (Phi) is 24.0. The summed E-state index contributed by atoms with van der Waals surface area (Å²) in [5.74, 6) is 3.13. The maximum Gasteiger partial charge on any atom is 0.282 e. The molecule has 38 heavy (non-hydrogen) atoms. The van der Waals surface area contributed by atoms with Crippen molar-refractivity contribution in [2.45, 2.75) is 65.3 Å². The molecule has 0 spiro atoms. The molecule has 0 aromatic heterocycles. The van der Waals surface area contributed by atoms with E-state index in [0.29, 0.717) is 18.2 Å². The van der Waals surface area contributed by atoms with Crippen LogP contribution in [0.5, 0.6) is 11.5 Å². The zero-order valence-corrected chi connectivity index (χ0v) is 26.4. The van der Waals surface area contributed by atoms with Crippen LogP contribution in [-0.4, -0.2) is 62.2 Å². The van der Waals surface area contributed by atoms with Crippen LogP contribution in [0.4, 0.5) is 4.79 Å². The van der Waals surface area contributed by atoms with E-state index in [4.69, 9.17) is 15.2 Å². The van der Waals surface area contributed by atoms with Crippen LogP contribution in [0.15, 0.2) is 29.4 Å². The van der Waals surface area contributed by atoms with Crippen molar-refractivity contribution in [1.82, 2.24) is 15.6 Å². The normalized spacial score (nSPS) is 18.6. The first-order valence-electron chi connectivity index (χ1n) is 12.3. The summed E-state index contributed by atoms with van der Waals surface area (Å²) in [6.07, 6.45) is 10.7. The number of nitrogens with one attached hydrogen (secondary N) is 2. The Morgan fingerprint density at radius 1 is 1.24 bits per heavy atom. The van der Waals surface area contributed by atoms with Crippen LogP contribution in [0, 0.1) is 18.7 Å². The molecule has 1 aliphatic carbocycles. The van der Waals surface area contributed by atoms with E-state index in [9.17, 15) is 9.59 Å². The molecule has 1 radical (unpaired) electrons. The molecule has 1 heterocycles. The minimum absolute atomic E-state index is 0. The summed E-state index contributed by atoms with van der Waals surface area (Å²) in [7, 11) is 5.45. The Balaban J connectivity index is 0. The molecular weight excluding hydrogens is 579 g/mol. The van der Waals surface area contributed by atoms with Crippen LogP contribution >= 0.6 is 11.8 Å². The average Bonchev–Trinajstić information content (AvgIpc) is 3.26. The second-order valence-electron chi connectivity index (χ2n) is 8.59. The zero-order valence-electron chi connectivity index (χ0n) is 22.7. The number of amides is 3. The van der Waals surface area contributed by atoms with E-state index in [1.54, 1.807) is 20.8 Å². The molecule has 2 unspecified atom stereocenters. The van der Waals surface area contributed by atoms with Gasteiger partial charge in [0, 0.05) is 57.3 Å². The predicted octanol–water partition coefficient (Wildman–Crippen LogP) is 4.83. The topological polar surface area (TPSA) is 118 Å². The number of carbonyl (C=O) groups excluding carboxylic acids is 2. The molecule has 3 rings (SSSR count). The minimum atomic E-state index is -0.529. The van der Waals surface area contributed by atoms with Gasteiger partial charge in [0.1, 0.15) is 0 Å². The van der Waals surface area contributed by atoms with E-state index >= 15 is 0 Å². The number of carbonyl (C=O) groups is 2. The first kappa shape index (κ1) is 38.8. The van der Waals surface area contributed by atoms with E-state index in [-0.39, 0.29) is 46.0 Å². The third-order valence-corrected chi connectivity index (χ3v) is 6.44. The molecule has 9 nitrogen and oxygen atoms in total. The Hall–Kier alpha value is -1.36. The summed E-state index contributed by atoms with van der Waals surface area (Å²) < 4.78 is 10.0. The van der Waals surface area contributed by atoms with Gasteiger partial charge in [0.05, 0.1) is 14.2 Å². The van der Waals surface area contributed by atoms with Gasteiger partial charge in [-0.15, -0.1) is 5.75 Å². The monoisotopic (exact) mass is 626 g/mol. The summed E-state index contributed by atoms with van der Waals surface area (Å²) in [4.78, 5) is 23.9. The minimum Gasteiger partial charge on any atom is -0.493 e. The van der Waals surface area contributed by atoms with Crippen LogP contribution in [-0.2, 0) is 37.5 Å². The van der Waals surface area contributed by atoms with Gasteiger partial charge in [-0.3, -0.25) is 15.8 Å². The standard InChI is InChI=1S/C14H25N3O.C8H10O2.C4H8N2OS.CH4.Y/c1-3-4-5-14(18)16-15-12-7-6-11-8-9-17(2)13(11)10-12;1-9-7-5-3-4-6-8(7)10-2;1-8-3-2-6-4(5)7;;/h11,13H,3-10H2,1-2H3,(H,16,18);3-6H,1-2H3;2H,1,3H2,(H3,5,6,7);1H4;/q;;-2;;/b15-12-;;;;. The summed E-state index contributed by atoms with van der Waals surface area (Å²) in [5, 5.41) is 6.62. The number of rotatable bonds is 9. The number of nitrogens with zero attached hydrogens (tertiary/aromatic N) is 2. The molecule has 1 aliphatic heterocycles. The van der Waals surface area contributed by atoms with E-state index in [1.165, 1.54) is 36.9 Å². The SMILES string of the molecule is C.CCCCC(=O)N/N=C1/CCC2CCN(C)C2C1.COc1ccccc1OC.[CH2-]SC[CH-]NC(N)=O.[Y]. The van der Waals surface area contributed by atoms with Crippen LogP contribution in [0.25, 0.3) is 0 Å². The van der Waals surface area contributed by atoms with Gasteiger partial charge in [0.2, 0.25) is 5.91 Å². The van der Waals surface area contributed by atoms with E-state index < -0.39 is 6.03 Å². The van der Waals surface area contributed by atoms with Gasteiger partial charge in [-0.1, -0.05) is 32.9 Å². The fraction of sp³-hybridized carbons (Fsp3) is 0.593. The molecule has 11 heteroatoms. The van der Waals surface area contributed by atoms with Gasteiger partial charge >= 0.3 is 0 Å². The van der Waals surface area contributed by atoms with Gasteiger partial charge in [0.25, 0.3) is 6.03 Å². The molecule has 4 N–H and O–H groups in total. The second kappa shape index (κ2) is 23.5. The number of unbranched alkanes of at least 4 members (excludes halogenated alkanes) is 1. The second-order valence-corrected chi connectivity index (χ2v) is 9.34. The summed E-state index contributed by atoms with van der Waals surface area (Å²) in [5.41, 5.74) is 8.61. The molecule has 2 aliphatic rings. The summed E-state index contributed by atoms with van der Waals surface area (Å²) >= 11 is 1.37. The molecule has 1 saturated carbocycles. The predicted molar refractivity (Wildman–Crippen MR) is 155 cm³/mol. The molecule has 1 aromatic rings. The number of fused-ring (bicyclic) bond motifs is 1. The fourth-order valence-electron chi connectivity index (χ4n) is 4.07. The molecular formula is C27H47N5O4SY-2. The van der Waals surface area contributed by atoms with Gasteiger partial charge in [-0.25, -0.2) is 12.0 Å². The van der Waals surface area contributed by atoms with E-state index in [0.717, 1.165) is 43.1 Å². The van der Waals surface area contributed by atoms with Crippen LogP contribution in [0.2, 0.25) is 0 Å². The van der Waals surface area contributed by atoms with Crippen LogP contribution in [0.3, 0.4) is 0 Å². The molecule has 2 atom stereocenters. The first-order valence-corrected chi connectivity index (χ1v) is 13.5. The van der Waals surface area contributed by atoms with Crippen molar-refractivity contribution in [3.63, 3.8) is 0 Å². The average molecular weight is 627 g/mol. The van der Waals surface area contributed by atoms with Gasteiger partial charge in [-0.2, -0.15) is 5.10 Å². The van der Waals surface area contributed by atoms with Crippen molar-refractivity contribution in [3.05, 3.63) is 37.1 Å². The fourth-order valence-corrected chi connectivity index (χ4v) is 4.27. The molecule has 1 saturated heterocycles. The zero-order chi connectivity index (χ0) is 26.8. The maximum absolute atomic E-state index is 11.5. The number of hydrogen-bond donors (Lipinski definition) is 3. The number of likely N-dealkylation sites (tertiary alicyclic amines) is 1. The van der Waals surface area contributed by atoms with Gasteiger partial charge < -0.3 is 37.2 Å². The smallest absolute Gasteiger partial charge is 0.282 e. The number of thioether (sulfide) groups is 1. The van der Waals surface area contributed by atoms with Gasteiger partial charge in [0.15, 0.2) is 11.5 Å². The Labute approximate surface area is 259 Å². The van der Waals surface area contributed by atoms with Crippen LogP contribution in [0.1, 0.15) is 59.3 Å². The summed E-state index contributed by atoms with van der Waals surface area (Å²) in [6, 6.07) is 7.66. The van der Waals surface area contributed by atoms with Crippen molar-refractivity contribution in [1.29, 1.82) is 0 Å². The van der Waals surface area contributed by atoms with Crippen molar-refractivity contribution in [3.8, 4) is 11.5 Å². The number of hydrogen-bond acceptors (Lipinski definition) is 7. The largest absolute Gasteiger partial charge is 0.493 e. The number of ether oxygens (including phenoxy) is 2. The number of primary amides is 1. The van der Waals surface area contributed by atoms with Crippen molar-refractivity contribution in [2.24, 2.45) is 16.8 Å². The molecule has 215 valence electrons. The third kappa shape index (κ3) is 15.9. The van der Waals surface area contributed by atoms with E-state index in [1.807, 2.05) is 24.3 Å². The van der Waals surface area contributed by atoms with Gasteiger partial charge in [-0.05, 0) is 57.3 Å². The van der Waals surface area contributed by atoms with Crippen LogP contribution < -0.4 is 25.9 Å². The van der Waals surface area contributed by atoms with Crippen molar-refractivity contribution < 1.29 is 51.8 Å². The maximum atomic E-state index is 11.5. The molecule has 0 bridgehead atoms. The van der Waals surface area contributed by atoms with Crippen molar-refractivity contribution in [2.75, 3.05) is 33.6 Å². The number of benzene rings is 1. The summed E-state index contributed by atoms with van der Waals surface area (Å²) in [6.45, 7) is 4.86. The number of methoxy groups -OCH3 is 2. The quantitative estimate of drug-likeness (QED) is 0.205. The number of hydrazone groups is 1. The Bertz CT molecular complexity index is 792. The van der Waals surface area contributed by atoms with E-state index in [2.05, 4.69) is 41.0 Å². The molecule has 2 fully saturated rings. The first-order chi connectivity index (χ1) is 17.4. The number of para-hydroxylation sites is 2. The number of nitrogens with two attached hydrogens (primary N) is 1. The van der Waals surface area contributed by atoms with Crippen molar-refractivity contribution >= 4 is 29.4 Å². The number of urea groups is 1. The molecule has 1 aromatic carbocycles. The third-order valence-electron chi connectivity index (χ3n) is 6.04. The Morgan fingerprint density at radius 3 is 2.39 bits per heavy atom. The molecule has 3 amide bonds. The Morgan fingerprint density at radius 2 is 1.87 bits per heavy atom.